The monoisotopic (exact) mass is 220 g/mol. The number of nitrogen functional groups attached to an aromatic ring is 1. The van der Waals surface area contributed by atoms with Crippen LogP contribution in [-0.2, 0) is 0 Å². The number of carbonyl (C=O) groups excluding carboxylic acids is 1. The average molecular weight is 220 g/mol. The Bertz CT molecular complexity index is 401. The molecule has 0 fully saturated rings. The van der Waals surface area contributed by atoms with Gasteiger partial charge in [0.25, 0.3) is 0 Å². The summed E-state index contributed by atoms with van der Waals surface area (Å²) in [5.41, 5.74) is 6.55. The predicted octanol–water partition coefficient (Wildman–Crippen LogP) is 1.50. The summed E-state index contributed by atoms with van der Waals surface area (Å²) in [5.74, 6) is -0.0204. The molecule has 0 aliphatic heterocycles. The van der Waals surface area contributed by atoms with Gasteiger partial charge in [0.15, 0.2) is 0 Å². The first-order chi connectivity index (χ1) is 7.49. The molecule has 5 N–H and O–H groups in total. The molecule has 1 rings (SSSR count). The Morgan fingerprint density at radius 3 is 2.69 bits per heavy atom. The number of nitrogens with two attached hydrogens (primary N) is 1. The molecule has 5 heteroatoms. The van der Waals surface area contributed by atoms with E-state index >= 15 is 0 Å². The summed E-state index contributed by atoms with van der Waals surface area (Å²) < 4.78 is 0. The van der Waals surface area contributed by atoms with E-state index in [1.807, 2.05) is 13.8 Å². The van der Waals surface area contributed by atoms with Crippen LogP contribution in [0, 0.1) is 5.41 Å². The second kappa shape index (κ2) is 5.16. The van der Waals surface area contributed by atoms with Gasteiger partial charge in [0.1, 0.15) is 5.84 Å². The molecule has 5 nitrogen and oxygen atoms in total. The van der Waals surface area contributed by atoms with Crippen LogP contribution in [-0.4, -0.2) is 17.9 Å². The Morgan fingerprint density at radius 1 is 1.44 bits per heavy atom. The minimum Gasteiger partial charge on any atom is -0.384 e. The largest absolute Gasteiger partial charge is 0.384 e. The number of hydrogen-bond donors (Lipinski definition) is 4. The topological polar surface area (TPSA) is 91.0 Å². The van der Waals surface area contributed by atoms with Crippen molar-refractivity contribution in [3.05, 3.63) is 29.8 Å². The van der Waals surface area contributed by atoms with E-state index < -0.39 is 0 Å². The first-order valence-corrected chi connectivity index (χ1v) is 5.01. The quantitative estimate of drug-likeness (QED) is 0.459. The molecule has 0 unspecified atom stereocenters. The van der Waals surface area contributed by atoms with E-state index in [0.717, 1.165) is 0 Å². The lowest BCUT2D eigenvalue weighted by molar-refractivity contribution is 0.250. The molecule has 0 bridgehead atoms. The normalized spacial score (nSPS) is 9.94. The molecule has 86 valence electrons. The molecule has 0 heterocycles. The van der Waals surface area contributed by atoms with Gasteiger partial charge in [-0.3, -0.25) is 5.41 Å². The highest BCUT2D eigenvalue weighted by atomic mass is 16.2. The highest BCUT2D eigenvalue weighted by Gasteiger charge is 2.04. The molecular weight excluding hydrogens is 204 g/mol. The molecule has 1 aromatic rings. The Labute approximate surface area is 94.5 Å². The van der Waals surface area contributed by atoms with Crippen molar-refractivity contribution in [3.8, 4) is 0 Å². The molecule has 1 aromatic carbocycles. The first-order valence-electron chi connectivity index (χ1n) is 5.01. The smallest absolute Gasteiger partial charge is 0.319 e. The second-order valence-corrected chi connectivity index (χ2v) is 3.75. The molecule has 0 spiro atoms. The van der Waals surface area contributed by atoms with Gasteiger partial charge in [0, 0.05) is 17.3 Å². The summed E-state index contributed by atoms with van der Waals surface area (Å²) >= 11 is 0. The van der Waals surface area contributed by atoms with E-state index in [-0.39, 0.29) is 17.9 Å². The maximum atomic E-state index is 11.4. The van der Waals surface area contributed by atoms with Crippen LogP contribution in [0.15, 0.2) is 24.3 Å². The third kappa shape index (κ3) is 3.61. The number of amides is 2. The fourth-order valence-electron chi connectivity index (χ4n) is 1.19. The Kier molecular flexibility index (Phi) is 3.88. The minimum absolute atomic E-state index is 0.0204. The van der Waals surface area contributed by atoms with Gasteiger partial charge in [-0.1, -0.05) is 12.1 Å². The van der Waals surface area contributed by atoms with Gasteiger partial charge in [0.05, 0.1) is 0 Å². The van der Waals surface area contributed by atoms with Gasteiger partial charge in [-0.25, -0.2) is 4.79 Å². The van der Waals surface area contributed by atoms with E-state index in [9.17, 15) is 4.79 Å². The molecule has 0 aromatic heterocycles. The second-order valence-electron chi connectivity index (χ2n) is 3.75. The van der Waals surface area contributed by atoms with Crippen LogP contribution >= 0.6 is 0 Å². The number of amidine groups is 1. The number of carbonyl (C=O) groups is 1. The van der Waals surface area contributed by atoms with Crippen LogP contribution in [0.2, 0.25) is 0 Å². The van der Waals surface area contributed by atoms with Crippen molar-refractivity contribution in [1.29, 1.82) is 5.41 Å². The van der Waals surface area contributed by atoms with Gasteiger partial charge in [-0.2, -0.15) is 0 Å². The van der Waals surface area contributed by atoms with Crippen molar-refractivity contribution < 1.29 is 4.79 Å². The zero-order valence-corrected chi connectivity index (χ0v) is 9.37. The molecule has 0 saturated carbocycles. The van der Waals surface area contributed by atoms with E-state index in [4.69, 9.17) is 11.1 Å². The number of urea groups is 1. The SMILES string of the molecule is CC(C)NC(=O)Nc1cccc(C(=N)N)c1. The lowest BCUT2D eigenvalue weighted by atomic mass is 10.2. The zero-order chi connectivity index (χ0) is 12.1. The summed E-state index contributed by atoms with van der Waals surface area (Å²) in [4.78, 5) is 11.4. The lowest BCUT2D eigenvalue weighted by Gasteiger charge is -2.10. The van der Waals surface area contributed by atoms with Crippen molar-refractivity contribution >= 4 is 17.6 Å². The number of anilines is 1. The Morgan fingerprint density at radius 2 is 2.12 bits per heavy atom. The summed E-state index contributed by atoms with van der Waals surface area (Å²) in [6, 6.07) is 6.66. The third-order valence-corrected chi connectivity index (χ3v) is 1.85. The fourth-order valence-corrected chi connectivity index (χ4v) is 1.19. The third-order valence-electron chi connectivity index (χ3n) is 1.85. The maximum absolute atomic E-state index is 11.4. The van der Waals surface area contributed by atoms with Crippen LogP contribution in [0.5, 0.6) is 0 Å². The summed E-state index contributed by atoms with van der Waals surface area (Å²) in [5, 5.41) is 12.6. The van der Waals surface area contributed by atoms with Crippen LogP contribution in [0.4, 0.5) is 10.5 Å². The van der Waals surface area contributed by atoms with Crippen LogP contribution < -0.4 is 16.4 Å². The number of nitrogens with one attached hydrogen (secondary N) is 3. The van der Waals surface area contributed by atoms with E-state index in [1.54, 1.807) is 24.3 Å². The van der Waals surface area contributed by atoms with Crippen molar-refractivity contribution in [2.45, 2.75) is 19.9 Å². The van der Waals surface area contributed by atoms with E-state index in [1.165, 1.54) is 0 Å². The predicted molar refractivity (Wildman–Crippen MR) is 64.7 cm³/mol. The maximum Gasteiger partial charge on any atom is 0.319 e. The van der Waals surface area contributed by atoms with Gasteiger partial charge in [-0.15, -0.1) is 0 Å². The standard InChI is InChI=1S/C11H16N4O/c1-7(2)14-11(16)15-9-5-3-4-8(6-9)10(12)13/h3-7H,1-2H3,(H3,12,13)(H2,14,15,16). The summed E-state index contributed by atoms with van der Waals surface area (Å²) in [6.07, 6.45) is 0. The van der Waals surface area contributed by atoms with Gasteiger partial charge in [0.2, 0.25) is 0 Å². The Balaban J connectivity index is 2.70. The van der Waals surface area contributed by atoms with Gasteiger partial charge >= 0.3 is 6.03 Å². The van der Waals surface area contributed by atoms with E-state index in [2.05, 4.69) is 10.6 Å². The average Bonchev–Trinajstić information content (AvgIpc) is 2.16. The van der Waals surface area contributed by atoms with Crippen molar-refractivity contribution in [2.24, 2.45) is 5.73 Å². The highest BCUT2D eigenvalue weighted by Crippen LogP contribution is 2.09. The van der Waals surface area contributed by atoms with Crippen molar-refractivity contribution in [2.75, 3.05) is 5.32 Å². The molecular formula is C11H16N4O. The van der Waals surface area contributed by atoms with Crippen LogP contribution in [0.25, 0.3) is 0 Å². The first kappa shape index (κ1) is 12.0. The Hall–Kier alpha value is -2.04. The molecule has 0 saturated heterocycles. The number of hydrogen-bond acceptors (Lipinski definition) is 2. The highest BCUT2D eigenvalue weighted by molar-refractivity contribution is 5.97. The fraction of sp³-hybridized carbons (Fsp3) is 0.273. The summed E-state index contributed by atoms with van der Waals surface area (Å²) in [7, 11) is 0. The summed E-state index contributed by atoms with van der Waals surface area (Å²) in [6.45, 7) is 3.76. The number of benzene rings is 1. The van der Waals surface area contributed by atoms with Gasteiger partial charge < -0.3 is 16.4 Å². The molecule has 0 aliphatic carbocycles. The van der Waals surface area contributed by atoms with E-state index in [0.29, 0.717) is 11.3 Å². The lowest BCUT2D eigenvalue weighted by Crippen LogP contribution is -2.34. The zero-order valence-electron chi connectivity index (χ0n) is 9.37. The van der Waals surface area contributed by atoms with Gasteiger partial charge in [-0.05, 0) is 26.0 Å². The van der Waals surface area contributed by atoms with Crippen molar-refractivity contribution in [3.63, 3.8) is 0 Å². The molecule has 0 aliphatic rings. The number of rotatable bonds is 3. The molecule has 0 radical (unpaired) electrons. The van der Waals surface area contributed by atoms with Crippen LogP contribution in [0.1, 0.15) is 19.4 Å². The van der Waals surface area contributed by atoms with Crippen LogP contribution in [0.3, 0.4) is 0 Å². The van der Waals surface area contributed by atoms with Crippen molar-refractivity contribution in [1.82, 2.24) is 5.32 Å². The molecule has 0 atom stereocenters. The molecule has 2 amide bonds. The molecule has 16 heavy (non-hydrogen) atoms. The minimum atomic E-state index is -0.268.